The second kappa shape index (κ2) is 0.973. The molecule has 4 fully saturated rings. The Morgan fingerprint density at radius 2 is 1.50 bits per heavy atom. The number of azo groups is 1. The molecule has 0 saturated heterocycles. The number of nitrogens with zero attached hydrogens (tertiary/aromatic N) is 2. The van der Waals surface area contributed by atoms with Crippen molar-refractivity contribution in [1.82, 2.24) is 0 Å². The summed E-state index contributed by atoms with van der Waals surface area (Å²) in [6.07, 6.45) is 0. The first-order chi connectivity index (χ1) is 4.89. The van der Waals surface area contributed by atoms with Crippen molar-refractivity contribution in [2.45, 2.75) is 19.0 Å². The maximum Gasteiger partial charge on any atom is 0.0794 e. The first-order valence-electron chi connectivity index (χ1n) is 4.29. The van der Waals surface area contributed by atoms with Crippen LogP contribution < -0.4 is 0 Å². The molecule has 0 radical (unpaired) electrons. The fourth-order valence-electron chi connectivity index (χ4n) is 3.61. The van der Waals surface area contributed by atoms with E-state index < -0.39 is 0 Å². The highest BCUT2D eigenvalue weighted by Crippen LogP contribution is 2.85. The second-order valence-electron chi connectivity index (χ2n) is 4.35. The molecule has 0 amide bonds. The van der Waals surface area contributed by atoms with Crippen molar-refractivity contribution in [3.8, 4) is 0 Å². The smallest absolute Gasteiger partial charge is 0.0794 e. The monoisotopic (exact) mass is 134 g/mol. The van der Waals surface area contributed by atoms with Crippen molar-refractivity contribution in [2.24, 2.45) is 39.8 Å². The molecular formula is C8H10N2. The van der Waals surface area contributed by atoms with E-state index in [9.17, 15) is 0 Å². The summed E-state index contributed by atoms with van der Waals surface area (Å²) in [5.41, 5.74) is 0. The molecule has 2 nitrogen and oxygen atoms in total. The number of hydrogen-bond donors (Lipinski definition) is 0. The van der Waals surface area contributed by atoms with Gasteiger partial charge in [-0.1, -0.05) is 0 Å². The largest absolute Gasteiger partial charge is 0.190 e. The summed E-state index contributed by atoms with van der Waals surface area (Å²) in [6.45, 7) is 2.23. The Labute approximate surface area is 59.7 Å². The van der Waals surface area contributed by atoms with Crippen LogP contribution in [-0.4, -0.2) is 12.1 Å². The van der Waals surface area contributed by atoms with Crippen molar-refractivity contribution in [3.63, 3.8) is 0 Å². The Kier molecular flexibility index (Phi) is 0.435. The molecule has 2 bridgehead atoms. The van der Waals surface area contributed by atoms with Crippen molar-refractivity contribution >= 4 is 0 Å². The van der Waals surface area contributed by atoms with Gasteiger partial charge in [0, 0.05) is 5.92 Å². The molecule has 0 aromatic heterocycles. The minimum atomic E-state index is 0.565. The molecule has 10 heavy (non-hydrogen) atoms. The molecule has 52 valence electrons. The first-order valence-corrected chi connectivity index (χ1v) is 4.29. The Morgan fingerprint density at radius 1 is 0.800 bits per heavy atom. The van der Waals surface area contributed by atoms with Crippen LogP contribution in [0.15, 0.2) is 10.2 Å². The Bertz CT molecular complexity index is 238. The minimum Gasteiger partial charge on any atom is -0.190 e. The van der Waals surface area contributed by atoms with Crippen molar-refractivity contribution < 1.29 is 0 Å². The van der Waals surface area contributed by atoms with E-state index in [-0.39, 0.29) is 0 Å². The summed E-state index contributed by atoms with van der Waals surface area (Å²) in [7, 11) is 0. The van der Waals surface area contributed by atoms with Gasteiger partial charge in [-0.05, 0) is 30.6 Å². The van der Waals surface area contributed by atoms with E-state index in [1.807, 2.05) is 0 Å². The normalized spacial score (nSPS) is 79.1. The molecule has 1 heterocycles. The van der Waals surface area contributed by atoms with Gasteiger partial charge in [-0.2, -0.15) is 10.2 Å². The molecule has 0 aromatic rings. The van der Waals surface area contributed by atoms with Crippen molar-refractivity contribution in [1.29, 1.82) is 0 Å². The third kappa shape index (κ3) is 0.247. The van der Waals surface area contributed by atoms with E-state index in [1.165, 1.54) is 0 Å². The molecule has 0 aromatic carbocycles. The third-order valence-corrected chi connectivity index (χ3v) is 4.11. The van der Waals surface area contributed by atoms with E-state index in [0.717, 1.165) is 29.6 Å². The molecular weight excluding hydrogens is 124 g/mol. The predicted molar refractivity (Wildman–Crippen MR) is 35.6 cm³/mol. The average Bonchev–Trinajstić information content (AvgIpc) is 2.67. The fraction of sp³-hybridized carbons (Fsp3) is 1.00. The molecule has 0 spiro atoms. The van der Waals surface area contributed by atoms with Crippen molar-refractivity contribution in [3.05, 3.63) is 0 Å². The second-order valence-corrected chi connectivity index (χ2v) is 4.35. The lowest BCUT2D eigenvalue weighted by atomic mass is 9.98. The van der Waals surface area contributed by atoms with Gasteiger partial charge in [0.15, 0.2) is 0 Å². The highest BCUT2D eigenvalue weighted by atomic mass is 15.2. The lowest BCUT2D eigenvalue weighted by molar-refractivity contribution is 0.445. The van der Waals surface area contributed by atoms with Gasteiger partial charge in [-0.15, -0.1) is 0 Å². The highest BCUT2D eigenvalue weighted by molar-refractivity contribution is 5.34. The summed E-state index contributed by atoms with van der Waals surface area (Å²) in [6, 6.07) is 1.25. The zero-order valence-corrected chi connectivity index (χ0v) is 5.94. The average molecular weight is 134 g/mol. The molecule has 7 atom stereocenters. The van der Waals surface area contributed by atoms with Gasteiger partial charge < -0.3 is 0 Å². The van der Waals surface area contributed by atoms with E-state index in [1.54, 1.807) is 0 Å². The van der Waals surface area contributed by atoms with E-state index >= 15 is 0 Å². The first kappa shape index (κ1) is 4.47. The zero-order valence-electron chi connectivity index (χ0n) is 5.94. The van der Waals surface area contributed by atoms with Crippen LogP contribution in [0.1, 0.15) is 6.92 Å². The highest BCUT2D eigenvalue weighted by Gasteiger charge is 2.85. The van der Waals surface area contributed by atoms with Crippen LogP contribution in [0.25, 0.3) is 0 Å². The standard InChI is InChI=1S/C8H10N2/c1-2-3-4-5-6(4)7(5)8(3)10-9-2/h2-8H,1H3/t2-,3+,4?,5+,6?,7?,8+/m0/s1. The summed E-state index contributed by atoms with van der Waals surface area (Å²) < 4.78 is 0. The zero-order chi connectivity index (χ0) is 6.46. The van der Waals surface area contributed by atoms with Crippen LogP contribution in [0.3, 0.4) is 0 Å². The van der Waals surface area contributed by atoms with E-state index in [0.29, 0.717) is 12.1 Å². The molecule has 1 aliphatic heterocycles. The SMILES string of the molecule is C[C@@H]1N=N[C@H]2C3C4C([C@H]43)[C@@H]12. The number of hydrogen-bond acceptors (Lipinski definition) is 2. The van der Waals surface area contributed by atoms with Gasteiger partial charge in [0.1, 0.15) is 0 Å². The summed E-state index contributed by atoms with van der Waals surface area (Å²) >= 11 is 0. The maximum atomic E-state index is 4.35. The maximum absolute atomic E-state index is 4.35. The Hall–Kier alpha value is -0.400. The molecule has 5 aliphatic rings. The Morgan fingerprint density at radius 3 is 2.20 bits per heavy atom. The molecule has 3 unspecified atom stereocenters. The van der Waals surface area contributed by atoms with Gasteiger partial charge in [0.25, 0.3) is 0 Å². The lowest BCUT2D eigenvalue weighted by Gasteiger charge is -2.08. The predicted octanol–water partition coefficient (Wildman–Crippen LogP) is 1.33. The molecule has 4 aliphatic carbocycles. The van der Waals surface area contributed by atoms with Crippen molar-refractivity contribution in [2.75, 3.05) is 0 Å². The third-order valence-electron chi connectivity index (χ3n) is 4.11. The van der Waals surface area contributed by atoms with Crippen LogP contribution in [0.4, 0.5) is 0 Å². The van der Waals surface area contributed by atoms with E-state index in [4.69, 9.17) is 0 Å². The van der Waals surface area contributed by atoms with Gasteiger partial charge in [-0.3, -0.25) is 0 Å². The fourth-order valence-corrected chi connectivity index (χ4v) is 3.61. The van der Waals surface area contributed by atoms with Crippen LogP contribution >= 0.6 is 0 Å². The summed E-state index contributed by atoms with van der Waals surface area (Å²) in [4.78, 5) is 0. The van der Waals surface area contributed by atoms with Crippen LogP contribution in [0.2, 0.25) is 0 Å². The van der Waals surface area contributed by atoms with Crippen LogP contribution in [0.5, 0.6) is 0 Å². The Balaban J connectivity index is 1.86. The minimum absolute atomic E-state index is 0.565. The molecule has 0 N–H and O–H groups in total. The van der Waals surface area contributed by atoms with E-state index in [2.05, 4.69) is 17.2 Å². The summed E-state index contributed by atoms with van der Waals surface area (Å²) in [5.74, 6) is 5.26. The van der Waals surface area contributed by atoms with Crippen LogP contribution in [-0.2, 0) is 0 Å². The van der Waals surface area contributed by atoms with Gasteiger partial charge in [0.05, 0.1) is 12.1 Å². The van der Waals surface area contributed by atoms with Crippen LogP contribution in [0, 0.1) is 29.6 Å². The quantitative estimate of drug-likeness (QED) is 0.477. The topological polar surface area (TPSA) is 24.7 Å². The van der Waals surface area contributed by atoms with Gasteiger partial charge >= 0.3 is 0 Å². The lowest BCUT2D eigenvalue weighted by Crippen LogP contribution is -2.16. The van der Waals surface area contributed by atoms with Gasteiger partial charge in [0.2, 0.25) is 0 Å². The molecule has 2 heteroatoms. The van der Waals surface area contributed by atoms with Gasteiger partial charge in [-0.25, -0.2) is 0 Å². The molecule has 4 saturated carbocycles. The summed E-state index contributed by atoms with van der Waals surface area (Å²) in [5, 5.41) is 8.59. The molecule has 5 rings (SSSR count). The number of rotatable bonds is 0.